The molecular formula is C16H12F18O4. The fourth-order valence-corrected chi connectivity index (χ4v) is 2.06. The van der Waals surface area contributed by atoms with Crippen LogP contribution < -0.4 is 0 Å². The van der Waals surface area contributed by atoms with Gasteiger partial charge in [-0.05, 0) is 0 Å². The molecule has 0 aromatic carbocycles. The molecule has 0 saturated heterocycles. The second-order valence-electron chi connectivity index (χ2n) is 7.14. The topological polar surface area (TPSA) is 52.6 Å². The van der Waals surface area contributed by atoms with Crippen LogP contribution in [0.25, 0.3) is 0 Å². The van der Waals surface area contributed by atoms with Crippen molar-refractivity contribution in [2.75, 3.05) is 13.2 Å². The molecule has 0 fully saturated rings. The van der Waals surface area contributed by atoms with Gasteiger partial charge in [0.2, 0.25) is 0 Å². The molecule has 22 heteroatoms. The lowest BCUT2D eigenvalue weighted by Crippen LogP contribution is -2.61. The van der Waals surface area contributed by atoms with E-state index >= 15 is 0 Å². The maximum absolute atomic E-state index is 13.2. The minimum Gasteiger partial charge on any atom is -0.465 e. The Bertz CT molecular complexity index is 761. The van der Waals surface area contributed by atoms with E-state index in [0.29, 0.717) is 0 Å². The molecule has 0 bridgehead atoms. The number of rotatable bonds is 13. The average molecular weight is 610 g/mol. The summed E-state index contributed by atoms with van der Waals surface area (Å²) < 4.78 is 235. The van der Waals surface area contributed by atoms with Crippen molar-refractivity contribution >= 4 is 11.9 Å². The number of hydrogen-bond acceptors (Lipinski definition) is 4. The lowest BCUT2D eigenvalue weighted by Gasteiger charge is -2.33. The molecule has 0 heterocycles. The van der Waals surface area contributed by atoms with Crippen molar-refractivity contribution in [3.63, 3.8) is 0 Å². The Morgan fingerprint density at radius 2 is 0.658 bits per heavy atom. The Labute approximate surface area is 198 Å². The number of halogens is 18. The third-order valence-corrected chi connectivity index (χ3v) is 4.31. The second kappa shape index (κ2) is 11.0. The molecule has 0 rings (SSSR count). The van der Waals surface area contributed by atoms with Crippen molar-refractivity contribution in [3.8, 4) is 0 Å². The zero-order valence-electron chi connectivity index (χ0n) is 17.7. The van der Waals surface area contributed by atoms with Gasteiger partial charge in [-0.3, -0.25) is 9.59 Å². The van der Waals surface area contributed by atoms with Crippen molar-refractivity contribution in [2.24, 2.45) is 0 Å². The van der Waals surface area contributed by atoms with Gasteiger partial charge in [0, 0.05) is 0 Å². The van der Waals surface area contributed by atoms with Crippen LogP contribution >= 0.6 is 0 Å². The standard InChI is InChI=1S/C16H12F18O4/c17-9(18,11(21,22)13(25,26)15(29,30)31)3-5-37-7(35)1-2-8(36)38-6-4-10(19,20)12(23,24)14(27,28)16(32,33)34/h1-6H2. The first-order valence-electron chi connectivity index (χ1n) is 9.21. The zero-order chi connectivity index (χ0) is 30.8. The fourth-order valence-electron chi connectivity index (χ4n) is 2.06. The molecule has 0 unspecified atom stereocenters. The number of esters is 2. The molecule has 0 saturated carbocycles. The van der Waals surface area contributed by atoms with Crippen LogP contribution in [0.5, 0.6) is 0 Å². The molecule has 0 spiro atoms. The van der Waals surface area contributed by atoms with Gasteiger partial charge in [-0.15, -0.1) is 0 Å². The van der Waals surface area contributed by atoms with Gasteiger partial charge in [0.15, 0.2) is 0 Å². The highest BCUT2D eigenvalue weighted by Gasteiger charge is 2.82. The van der Waals surface area contributed by atoms with E-state index in [-0.39, 0.29) is 0 Å². The van der Waals surface area contributed by atoms with Gasteiger partial charge in [0.25, 0.3) is 0 Å². The fraction of sp³-hybridized carbons (Fsp3) is 0.875. The molecular weight excluding hydrogens is 598 g/mol. The van der Waals surface area contributed by atoms with E-state index in [4.69, 9.17) is 0 Å². The Morgan fingerprint density at radius 1 is 0.421 bits per heavy atom. The van der Waals surface area contributed by atoms with Crippen molar-refractivity contribution in [2.45, 2.75) is 73.6 Å². The molecule has 0 aromatic heterocycles. The third-order valence-electron chi connectivity index (χ3n) is 4.31. The molecule has 0 aliphatic heterocycles. The van der Waals surface area contributed by atoms with Crippen LogP contribution in [-0.2, 0) is 19.1 Å². The highest BCUT2D eigenvalue weighted by Crippen LogP contribution is 2.55. The predicted molar refractivity (Wildman–Crippen MR) is 82.2 cm³/mol. The van der Waals surface area contributed by atoms with Crippen LogP contribution in [0.2, 0.25) is 0 Å². The van der Waals surface area contributed by atoms with Gasteiger partial charge >= 0.3 is 59.8 Å². The Kier molecular flexibility index (Phi) is 10.4. The number of alkyl halides is 18. The molecule has 38 heavy (non-hydrogen) atoms. The van der Waals surface area contributed by atoms with E-state index in [1.165, 1.54) is 0 Å². The maximum atomic E-state index is 13.2. The monoisotopic (exact) mass is 610 g/mol. The molecule has 226 valence electrons. The molecule has 0 radical (unpaired) electrons. The normalized spacial score (nSPS) is 14.9. The van der Waals surface area contributed by atoms with E-state index < -0.39 is 98.7 Å². The van der Waals surface area contributed by atoms with E-state index in [1.807, 2.05) is 0 Å². The van der Waals surface area contributed by atoms with Crippen molar-refractivity contribution in [1.82, 2.24) is 0 Å². The largest absolute Gasteiger partial charge is 0.465 e. The minimum atomic E-state index is -7.21. The molecule has 0 aliphatic carbocycles. The predicted octanol–water partition coefficient (Wildman–Crippen LogP) is 6.57. The summed E-state index contributed by atoms with van der Waals surface area (Å²) in [5, 5.41) is 0. The minimum absolute atomic E-state index is 1.31. The first kappa shape index (κ1) is 35.7. The van der Waals surface area contributed by atoms with Crippen LogP contribution in [0.15, 0.2) is 0 Å². The van der Waals surface area contributed by atoms with E-state index in [2.05, 4.69) is 9.47 Å². The Balaban J connectivity index is 4.78. The average Bonchev–Trinajstić information content (AvgIpc) is 2.69. The third kappa shape index (κ3) is 7.20. The summed E-state index contributed by atoms with van der Waals surface area (Å²) in [5.41, 5.74) is 0. The van der Waals surface area contributed by atoms with Gasteiger partial charge in [-0.25, -0.2) is 0 Å². The molecule has 0 N–H and O–H groups in total. The first-order valence-corrected chi connectivity index (χ1v) is 9.21. The zero-order valence-corrected chi connectivity index (χ0v) is 17.7. The van der Waals surface area contributed by atoms with Gasteiger partial charge in [-0.1, -0.05) is 0 Å². The van der Waals surface area contributed by atoms with Gasteiger partial charge in [0.1, 0.15) is 0 Å². The van der Waals surface area contributed by atoms with E-state index in [9.17, 15) is 88.6 Å². The van der Waals surface area contributed by atoms with Crippen molar-refractivity contribution in [3.05, 3.63) is 0 Å². The lowest BCUT2D eigenvalue weighted by molar-refractivity contribution is -0.397. The lowest BCUT2D eigenvalue weighted by atomic mass is 10.0. The Hall–Kier alpha value is -2.32. The summed E-state index contributed by atoms with van der Waals surface area (Å²) in [6.07, 6.45) is -22.0. The number of carbonyl (C=O) groups excluding carboxylic acids is 2. The SMILES string of the molecule is O=C(CCC(=O)OCCC(F)(F)C(F)(F)C(F)(F)C(F)(F)F)OCCC(F)(F)C(F)(F)C(F)(F)C(F)(F)F. The smallest absolute Gasteiger partial charge is 0.460 e. The summed E-state index contributed by atoms with van der Waals surface area (Å²) >= 11 is 0. The van der Waals surface area contributed by atoms with Crippen molar-refractivity contribution in [1.29, 1.82) is 0 Å². The number of carbonyl (C=O) groups is 2. The summed E-state index contributed by atoms with van der Waals surface area (Å²) in [7, 11) is 0. The second-order valence-corrected chi connectivity index (χ2v) is 7.14. The summed E-state index contributed by atoms with van der Waals surface area (Å²) in [6.45, 7) is -3.84. The van der Waals surface area contributed by atoms with E-state index in [1.54, 1.807) is 0 Å². The molecule has 0 atom stereocenters. The highest BCUT2D eigenvalue weighted by molar-refractivity contribution is 5.77. The first-order chi connectivity index (χ1) is 16.5. The maximum Gasteiger partial charge on any atom is 0.460 e. The quantitative estimate of drug-likeness (QED) is 0.175. The summed E-state index contributed by atoms with van der Waals surface area (Å²) in [4.78, 5) is 22.4. The van der Waals surface area contributed by atoms with Crippen LogP contribution in [0.3, 0.4) is 0 Å². The van der Waals surface area contributed by atoms with Crippen LogP contribution in [-0.4, -0.2) is 73.0 Å². The molecule has 0 aliphatic rings. The number of ether oxygens (including phenoxy) is 2. The van der Waals surface area contributed by atoms with Gasteiger partial charge < -0.3 is 9.47 Å². The van der Waals surface area contributed by atoms with Crippen LogP contribution in [0, 0.1) is 0 Å². The number of hydrogen-bond donors (Lipinski definition) is 0. The highest BCUT2D eigenvalue weighted by atomic mass is 19.4. The molecule has 0 aromatic rings. The molecule has 4 nitrogen and oxygen atoms in total. The Morgan fingerprint density at radius 3 is 0.868 bits per heavy atom. The molecule has 0 amide bonds. The summed E-state index contributed by atoms with van der Waals surface area (Å²) in [5.74, 6) is -44.2. The van der Waals surface area contributed by atoms with Crippen LogP contribution in [0.4, 0.5) is 79.0 Å². The van der Waals surface area contributed by atoms with E-state index in [0.717, 1.165) is 0 Å². The van der Waals surface area contributed by atoms with Gasteiger partial charge in [0.05, 0.1) is 38.9 Å². The van der Waals surface area contributed by atoms with Gasteiger partial charge in [-0.2, -0.15) is 79.0 Å². The van der Waals surface area contributed by atoms with Crippen LogP contribution in [0.1, 0.15) is 25.7 Å². The van der Waals surface area contributed by atoms with Crippen molar-refractivity contribution < 1.29 is 98.1 Å². The summed E-state index contributed by atoms with van der Waals surface area (Å²) in [6, 6.07) is 0.